The molecule has 0 spiro atoms. The van der Waals surface area contributed by atoms with Crippen LogP contribution in [0.5, 0.6) is 0 Å². The lowest BCUT2D eigenvalue weighted by atomic mass is 9.85. The van der Waals surface area contributed by atoms with Crippen molar-refractivity contribution < 1.29 is 13.6 Å². The van der Waals surface area contributed by atoms with Gasteiger partial charge in [-0.2, -0.15) is 0 Å². The molecule has 2 rings (SSSR count). The van der Waals surface area contributed by atoms with Crippen LogP contribution in [0, 0.1) is 11.8 Å². The van der Waals surface area contributed by atoms with Gasteiger partial charge in [0.15, 0.2) is 0 Å². The van der Waals surface area contributed by atoms with Crippen LogP contribution in [-0.4, -0.2) is 34.6 Å². The van der Waals surface area contributed by atoms with E-state index in [1.807, 2.05) is 4.90 Å². The van der Waals surface area contributed by atoms with Gasteiger partial charge in [-0.25, -0.2) is 8.78 Å². The Hall–Kier alpha value is -0.190. The normalized spacial score (nSPS) is 33.4. The lowest BCUT2D eigenvalue weighted by molar-refractivity contribution is -0.140. The minimum atomic E-state index is -2.55. The molecule has 0 aromatic carbocycles. The number of carbonyl (C=O) groups is 1. The molecule has 0 N–H and O–H groups in total. The molecule has 18 heavy (non-hydrogen) atoms. The van der Waals surface area contributed by atoms with Crippen molar-refractivity contribution in [3.05, 3.63) is 0 Å². The Labute approximate surface area is 115 Å². The van der Waals surface area contributed by atoms with Crippen molar-refractivity contribution >= 4 is 21.8 Å². The maximum absolute atomic E-state index is 13.1. The van der Waals surface area contributed by atoms with E-state index in [1.165, 1.54) is 0 Å². The van der Waals surface area contributed by atoms with Crippen molar-refractivity contribution in [2.75, 3.05) is 13.1 Å². The van der Waals surface area contributed by atoms with Crippen LogP contribution >= 0.6 is 15.9 Å². The van der Waals surface area contributed by atoms with Crippen molar-refractivity contribution in [2.24, 2.45) is 11.8 Å². The molecule has 2 unspecified atom stereocenters. The summed E-state index contributed by atoms with van der Waals surface area (Å²) in [5.74, 6) is -2.07. The SMILES string of the molecule is CC1CCN(C(=O)C2CCC(F)(F)CC2)CC1Br. The summed E-state index contributed by atoms with van der Waals surface area (Å²) >= 11 is 3.59. The van der Waals surface area contributed by atoms with E-state index in [9.17, 15) is 13.6 Å². The van der Waals surface area contributed by atoms with E-state index in [4.69, 9.17) is 0 Å². The number of hydrogen-bond acceptors (Lipinski definition) is 1. The fraction of sp³-hybridized carbons (Fsp3) is 0.923. The monoisotopic (exact) mass is 323 g/mol. The van der Waals surface area contributed by atoms with Gasteiger partial charge in [0, 0.05) is 36.7 Å². The Morgan fingerprint density at radius 1 is 1.28 bits per heavy atom. The van der Waals surface area contributed by atoms with Gasteiger partial charge in [-0.05, 0) is 25.2 Å². The second-order valence-corrected chi connectivity index (χ2v) is 6.87. The van der Waals surface area contributed by atoms with E-state index in [1.54, 1.807) is 0 Å². The number of carbonyl (C=O) groups excluding carboxylic acids is 1. The average molecular weight is 324 g/mol. The van der Waals surface area contributed by atoms with Crippen LogP contribution in [0.1, 0.15) is 39.0 Å². The number of alkyl halides is 3. The molecule has 1 aliphatic heterocycles. The molecule has 2 aliphatic rings. The van der Waals surface area contributed by atoms with Crippen molar-refractivity contribution in [1.82, 2.24) is 4.90 Å². The Kier molecular flexibility index (Phi) is 4.29. The lowest BCUT2D eigenvalue weighted by Crippen LogP contribution is -2.47. The zero-order valence-corrected chi connectivity index (χ0v) is 12.3. The molecule has 104 valence electrons. The molecule has 2 atom stereocenters. The number of piperidine rings is 1. The Morgan fingerprint density at radius 2 is 1.89 bits per heavy atom. The summed E-state index contributed by atoms with van der Waals surface area (Å²) in [5, 5.41) is 0. The van der Waals surface area contributed by atoms with Gasteiger partial charge in [-0.3, -0.25) is 4.79 Å². The maximum atomic E-state index is 13.1. The summed E-state index contributed by atoms with van der Waals surface area (Å²) in [6.07, 6.45) is 1.40. The summed E-state index contributed by atoms with van der Waals surface area (Å²) in [6.45, 7) is 3.66. The number of nitrogens with zero attached hydrogens (tertiary/aromatic N) is 1. The lowest BCUT2D eigenvalue weighted by Gasteiger charge is -2.37. The number of likely N-dealkylation sites (tertiary alicyclic amines) is 1. The Bertz CT molecular complexity index is 314. The summed E-state index contributed by atoms with van der Waals surface area (Å²) in [7, 11) is 0. The second kappa shape index (κ2) is 5.43. The van der Waals surface area contributed by atoms with Crippen molar-refractivity contribution in [3.63, 3.8) is 0 Å². The highest BCUT2D eigenvalue weighted by Crippen LogP contribution is 2.37. The largest absolute Gasteiger partial charge is 0.341 e. The molecule has 0 radical (unpaired) electrons. The molecule has 0 aromatic heterocycles. The third-order valence-corrected chi connectivity index (χ3v) is 5.44. The quantitative estimate of drug-likeness (QED) is 0.677. The van der Waals surface area contributed by atoms with Crippen molar-refractivity contribution in [1.29, 1.82) is 0 Å². The molecular formula is C13H20BrF2NO. The standard InChI is InChI=1S/C13H20BrF2NO/c1-9-4-7-17(8-11(9)14)12(18)10-2-5-13(15,16)6-3-10/h9-11H,2-8H2,1H3. The van der Waals surface area contributed by atoms with Gasteiger partial charge in [0.05, 0.1) is 0 Å². The van der Waals surface area contributed by atoms with Gasteiger partial charge in [-0.1, -0.05) is 22.9 Å². The first-order valence-corrected chi connectivity index (χ1v) is 7.61. The smallest absolute Gasteiger partial charge is 0.248 e. The first-order valence-electron chi connectivity index (χ1n) is 6.70. The van der Waals surface area contributed by atoms with E-state index in [0.717, 1.165) is 13.0 Å². The summed E-state index contributed by atoms with van der Waals surface area (Å²) in [6, 6.07) is 0. The molecule has 0 aromatic rings. The fourth-order valence-corrected chi connectivity index (χ4v) is 3.38. The molecule has 1 heterocycles. The minimum Gasteiger partial charge on any atom is -0.341 e. The Morgan fingerprint density at radius 3 is 2.44 bits per heavy atom. The van der Waals surface area contributed by atoms with Crippen LogP contribution in [0.15, 0.2) is 0 Å². The molecule has 1 aliphatic carbocycles. The average Bonchev–Trinajstić information content (AvgIpc) is 2.32. The molecule has 5 heteroatoms. The van der Waals surface area contributed by atoms with Crippen LogP contribution in [0.4, 0.5) is 8.78 Å². The molecule has 1 saturated carbocycles. The third-order valence-electron chi connectivity index (χ3n) is 4.24. The summed E-state index contributed by atoms with van der Waals surface area (Å²) in [4.78, 5) is 14.5. The first-order chi connectivity index (χ1) is 8.39. The van der Waals surface area contributed by atoms with E-state index in [0.29, 0.717) is 30.1 Å². The molecule has 0 bridgehead atoms. The van der Waals surface area contributed by atoms with Gasteiger partial charge in [0.1, 0.15) is 0 Å². The van der Waals surface area contributed by atoms with Crippen LogP contribution in [-0.2, 0) is 4.79 Å². The van der Waals surface area contributed by atoms with Crippen LogP contribution < -0.4 is 0 Å². The summed E-state index contributed by atoms with van der Waals surface area (Å²) in [5.41, 5.74) is 0. The number of rotatable bonds is 1. The molecule has 2 nitrogen and oxygen atoms in total. The zero-order chi connectivity index (χ0) is 13.3. The third kappa shape index (κ3) is 3.22. The minimum absolute atomic E-state index is 0.0850. The molecular weight excluding hydrogens is 304 g/mol. The van der Waals surface area contributed by atoms with E-state index in [-0.39, 0.29) is 24.7 Å². The van der Waals surface area contributed by atoms with Crippen LogP contribution in [0.25, 0.3) is 0 Å². The van der Waals surface area contributed by atoms with Gasteiger partial charge < -0.3 is 4.90 Å². The molecule has 2 fully saturated rings. The van der Waals surface area contributed by atoms with E-state index >= 15 is 0 Å². The topological polar surface area (TPSA) is 20.3 Å². The highest BCUT2D eigenvalue weighted by atomic mass is 79.9. The van der Waals surface area contributed by atoms with Gasteiger partial charge >= 0.3 is 0 Å². The zero-order valence-electron chi connectivity index (χ0n) is 10.7. The Balaban J connectivity index is 1.88. The first kappa shape index (κ1) is 14.2. The maximum Gasteiger partial charge on any atom is 0.248 e. The predicted molar refractivity (Wildman–Crippen MR) is 70.0 cm³/mol. The van der Waals surface area contributed by atoms with Gasteiger partial charge in [0.25, 0.3) is 0 Å². The molecule has 1 amide bonds. The van der Waals surface area contributed by atoms with Crippen LogP contribution in [0.2, 0.25) is 0 Å². The molecule has 1 saturated heterocycles. The summed E-state index contributed by atoms with van der Waals surface area (Å²) < 4.78 is 26.1. The van der Waals surface area contributed by atoms with Crippen LogP contribution in [0.3, 0.4) is 0 Å². The number of halogens is 3. The number of amides is 1. The van der Waals surface area contributed by atoms with Crippen molar-refractivity contribution in [3.8, 4) is 0 Å². The fourth-order valence-electron chi connectivity index (χ4n) is 2.77. The van der Waals surface area contributed by atoms with Crippen molar-refractivity contribution in [2.45, 2.75) is 49.8 Å². The van der Waals surface area contributed by atoms with Gasteiger partial charge in [-0.15, -0.1) is 0 Å². The van der Waals surface area contributed by atoms with Gasteiger partial charge in [0.2, 0.25) is 11.8 Å². The van der Waals surface area contributed by atoms with E-state index < -0.39 is 5.92 Å². The number of hydrogen-bond donors (Lipinski definition) is 0. The van der Waals surface area contributed by atoms with E-state index in [2.05, 4.69) is 22.9 Å². The second-order valence-electron chi connectivity index (χ2n) is 5.70. The highest BCUT2D eigenvalue weighted by molar-refractivity contribution is 9.09. The highest BCUT2D eigenvalue weighted by Gasteiger charge is 2.39. The predicted octanol–water partition coefficient (Wildman–Crippen LogP) is 3.44.